The number of phenolic OH excluding ortho intramolecular Hbond substituents is 2. The van der Waals surface area contributed by atoms with Gasteiger partial charge in [0.15, 0.2) is 0 Å². The summed E-state index contributed by atoms with van der Waals surface area (Å²) in [5.74, 6) is -0.0472. The number of hydrogen-bond acceptors (Lipinski definition) is 2. The van der Waals surface area contributed by atoms with Crippen LogP contribution in [0, 0.1) is 12.1 Å². The number of fused-ring (bicyclic) bond motifs is 8. The number of rotatable bonds is 2. The molecule has 4 heteroatoms. The number of hydrogen-bond donors (Lipinski definition) is 2. The molecule has 0 saturated carbocycles. The molecule has 9 rings (SSSR count). The second-order valence-electron chi connectivity index (χ2n) is 11.9. The highest BCUT2D eigenvalue weighted by atomic mass is 16.3. The normalized spacial score (nSPS) is 16.0. The van der Waals surface area contributed by atoms with Crippen LogP contribution in [0.5, 0.6) is 11.5 Å². The summed E-state index contributed by atoms with van der Waals surface area (Å²) in [6, 6.07) is 43.4. The second kappa shape index (κ2) is 8.92. The third kappa shape index (κ3) is 3.13. The van der Waals surface area contributed by atoms with Gasteiger partial charge in [0.2, 0.25) is 0 Å². The molecule has 0 fully saturated rings. The van der Waals surface area contributed by atoms with Gasteiger partial charge in [-0.1, -0.05) is 91.0 Å². The van der Waals surface area contributed by atoms with Crippen molar-refractivity contribution >= 4 is 43.4 Å². The highest BCUT2D eigenvalue weighted by Gasteiger charge is 2.44. The molecule has 2 heterocycles. The smallest absolute Gasteiger partial charge is 0.120 e. The fourth-order valence-electron chi connectivity index (χ4n) is 8.05. The Balaban J connectivity index is 1.54. The largest absolute Gasteiger partial charge is 0.508 e. The van der Waals surface area contributed by atoms with Crippen molar-refractivity contribution in [2.75, 3.05) is 0 Å². The molecular weight excluding hydrogens is 540 g/mol. The molecule has 0 spiro atoms. The number of phenols is 2. The van der Waals surface area contributed by atoms with Crippen molar-refractivity contribution in [2.45, 2.75) is 11.8 Å². The van der Waals surface area contributed by atoms with Gasteiger partial charge in [-0.3, -0.25) is 0 Å². The fourth-order valence-corrected chi connectivity index (χ4v) is 8.05. The van der Waals surface area contributed by atoms with Gasteiger partial charge in [0, 0.05) is 53.1 Å². The second-order valence-corrected chi connectivity index (χ2v) is 11.9. The molecule has 2 N–H and O–H groups in total. The van der Waals surface area contributed by atoms with Gasteiger partial charge in [-0.15, -0.1) is 0 Å². The van der Waals surface area contributed by atoms with Crippen molar-refractivity contribution < 1.29 is 10.2 Å². The van der Waals surface area contributed by atoms with Crippen molar-refractivity contribution in [1.82, 2.24) is 9.13 Å². The van der Waals surface area contributed by atoms with Crippen molar-refractivity contribution in [2.24, 2.45) is 14.1 Å². The zero-order chi connectivity index (χ0) is 29.7. The highest BCUT2D eigenvalue weighted by Crippen LogP contribution is 2.58. The molecule has 44 heavy (non-hydrogen) atoms. The summed E-state index contributed by atoms with van der Waals surface area (Å²) in [6.45, 7) is 0. The van der Waals surface area contributed by atoms with Gasteiger partial charge in [-0.05, 0) is 57.4 Å². The molecule has 0 bridgehead atoms. The number of aromatic nitrogens is 2. The van der Waals surface area contributed by atoms with Crippen LogP contribution in [-0.4, -0.2) is 19.3 Å². The van der Waals surface area contributed by atoms with E-state index in [1.54, 1.807) is 0 Å². The molecule has 2 unspecified atom stereocenters. The van der Waals surface area contributed by atoms with Gasteiger partial charge in [0.25, 0.3) is 0 Å². The minimum Gasteiger partial charge on any atom is -0.508 e. The maximum absolute atomic E-state index is 11.8. The Morgan fingerprint density at radius 1 is 0.523 bits per heavy atom. The summed E-state index contributed by atoms with van der Waals surface area (Å²) in [5.41, 5.74) is 8.34. The zero-order valence-corrected chi connectivity index (χ0v) is 24.3. The van der Waals surface area contributed by atoms with Crippen LogP contribution in [0.3, 0.4) is 0 Å². The third-order valence-electron chi connectivity index (χ3n) is 9.84. The number of aromatic hydroxyl groups is 2. The van der Waals surface area contributed by atoms with E-state index in [9.17, 15) is 10.2 Å². The number of benzene rings is 5. The van der Waals surface area contributed by atoms with Gasteiger partial charge in [0.1, 0.15) is 11.5 Å². The van der Waals surface area contributed by atoms with E-state index >= 15 is 0 Å². The summed E-state index contributed by atoms with van der Waals surface area (Å²) in [7, 11) is 4.24. The Kier molecular flexibility index (Phi) is 5.05. The minimum atomic E-state index is -0.299. The Morgan fingerprint density at radius 2 is 1.05 bits per heavy atom. The summed E-state index contributed by atoms with van der Waals surface area (Å²) in [4.78, 5) is 0. The van der Waals surface area contributed by atoms with Crippen LogP contribution in [0.4, 0.5) is 0 Å². The topological polar surface area (TPSA) is 50.3 Å². The maximum atomic E-state index is 11.8. The molecule has 0 aliphatic heterocycles. The van der Waals surface area contributed by atoms with Gasteiger partial charge < -0.3 is 19.3 Å². The molecule has 210 valence electrons. The molecule has 0 saturated heterocycles. The molecule has 8 aromatic rings. The van der Waals surface area contributed by atoms with E-state index in [4.69, 9.17) is 0 Å². The summed E-state index contributed by atoms with van der Waals surface area (Å²) in [6.07, 6.45) is 0. The van der Waals surface area contributed by atoms with Crippen molar-refractivity contribution in [3.8, 4) is 11.5 Å². The van der Waals surface area contributed by atoms with Crippen LogP contribution >= 0.6 is 0 Å². The minimum absolute atomic E-state index is 0.263. The van der Waals surface area contributed by atoms with E-state index in [0.717, 1.165) is 77.0 Å². The average molecular weight is 569 g/mol. The van der Waals surface area contributed by atoms with Crippen LogP contribution in [0.2, 0.25) is 0 Å². The van der Waals surface area contributed by atoms with E-state index in [0.29, 0.717) is 0 Å². The molecule has 2 atom stereocenters. The van der Waals surface area contributed by atoms with Crippen molar-refractivity contribution in [1.29, 1.82) is 0 Å². The van der Waals surface area contributed by atoms with Crippen LogP contribution in [0.25, 0.3) is 43.4 Å². The predicted octanol–water partition coefficient (Wildman–Crippen LogP) is 8.66. The lowest BCUT2D eigenvalue weighted by Crippen LogP contribution is -2.23. The highest BCUT2D eigenvalue weighted by molar-refractivity contribution is 5.99. The molecule has 0 radical (unpaired) electrons. The van der Waals surface area contributed by atoms with Crippen molar-refractivity contribution in [3.63, 3.8) is 0 Å². The lowest BCUT2D eigenvalue weighted by molar-refractivity contribution is 0.464. The first kappa shape index (κ1) is 24.9. The molecule has 4 nitrogen and oxygen atoms in total. The van der Waals surface area contributed by atoms with Gasteiger partial charge in [0.05, 0.1) is 22.7 Å². The first-order valence-corrected chi connectivity index (χ1v) is 14.9. The van der Waals surface area contributed by atoms with Crippen molar-refractivity contribution in [3.05, 3.63) is 155 Å². The predicted molar refractivity (Wildman–Crippen MR) is 177 cm³/mol. The van der Waals surface area contributed by atoms with E-state index in [1.807, 2.05) is 54.6 Å². The standard InChI is InChI=1S/C40H28N2O2/c1-41-29-17-9-7-15-27(29)35-38(34-26-14-6-4-12-24(26)20-22-32(34)44)40-36(28-16-8-10-18-30(28)42(40)2)37(39(35)41)33-25-13-5-3-11-23(25)19-21-31(33)43/h3-7,9-15,17-22,37-38,43-44H,1-2H3. The summed E-state index contributed by atoms with van der Waals surface area (Å²) < 4.78 is 4.56. The lowest BCUT2D eigenvalue weighted by Gasteiger charge is -2.34. The Bertz CT molecular complexity index is 2290. The zero-order valence-electron chi connectivity index (χ0n) is 24.3. The molecule has 6 aromatic carbocycles. The van der Waals surface area contributed by atoms with E-state index < -0.39 is 0 Å². The molecular formula is C40H28N2O2. The maximum Gasteiger partial charge on any atom is 0.120 e. The number of para-hydroxylation sites is 1. The Labute approximate surface area is 254 Å². The first-order chi connectivity index (χ1) is 21.5. The average Bonchev–Trinajstić information content (AvgIpc) is 3.52. The van der Waals surface area contributed by atoms with Crippen LogP contribution < -0.4 is 0 Å². The monoisotopic (exact) mass is 568 g/mol. The Morgan fingerprint density at radius 3 is 1.70 bits per heavy atom. The first-order valence-electron chi connectivity index (χ1n) is 14.9. The third-order valence-corrected chi connectivity index (χ3v) is 9.84. The lowest BCUT2D eigenvalue weighted by atomic mass is 9.70. The number of aryl methyl sites for hydroxylation is 2. The van der Waals surface area contributed by atoms with E-state index in [-0.39, 0.29) is 23.3 Å². The number of nitrogens with zero attached hydrogens (tertiary/aromatic N) is 2. The summed E-state index contributed by atoms with van der Waals surface area (Å²) in [5, 5.41) is 29.8. The SMILES string of the molecule is Cn1c2c(c3c#cccc31)C(c1c(O)ccc3ccccc13)c1c(c3ccccc3n1C)C2c1c(O)ccc2ccccc12. The van der Waals surface area contributed by atoms with Crippen LogP contribution in [-0.2, 0) is 14.1 Å². The van der Waals surface area contributed by atoms with Gasteiger partial charge in [-0.25, -0.2) is 0 Å². The van der Waals surface area contributed by atoms with Crippen LogP contribution in [0.1, 0.15) is 45.5 Å². The fraction of sp³-hybridized carbons (Fsp3) is 0.100. The summed E-state index contributed by atoms with van der Waals surface area (Å²) >= 11 is 0. The Hall–Kier alpha value is -5.66. The van der Waals surface area contributed by atoms with Crippen LogP contribution in [0.15, 0.2) is 109 Å². The quantitative estimate of drug-likeness (QED) is 0.219. The molecule has 1 aliphatic rings. The molecule has 1 aliphatic carbocycles. The van der Waals surface area contributed by atoms with Gasteiger partial charge >= 0.3 is 0 Å². The van der Waals surface area contributed by atoms with Gasteiger partial charge in [-0.2, -0.15) is 0 Å². The molecule has 2 aromatic heterocycles. The molecule has 0 amide bonds. The van der Waals surface area contributed by atoms with E-state index in [2.05, 4.69) is 90.0 Å². The van der Waals surface area contributed by atoms with E-state index in [1.165, 1.54) is 0 Å².